The second kappa shape index (κ2) is 7.50. The first-order valence-electron chi connectivity index (χ1n) is 10.9. The Hall–Kier alpha value is -4.18. The molecule has 1 N–H and O–H groups in total. The summed E-state index contributed by atoms with van der Waals surface area (Å²) < 4.78 is 7.09. The SMILES string of the molecule is c1ccc(N2Nc3c(ccc4ccccc34)O[B-]2(c2ccccc2)c2ccccc2)cc1. The molecule has 0 radical (unpaired) electrons. The Labute approximate surface area is 187 Å². The molecule has 5 aromatic rings. The van der Waals surface area contributed by atoms with Gasteiger partial charge in [0.05, 0.1) is 11.4 Å². The molecule has 5 aromatic carbocycles. The normalized spacial score (nSPS) is 14.3. The van der Waals surface area contributed by atoms with Gasteiger partial charge in [-0.05, 0) is 23.6 Å². The van der Waals surface area contributed by atoms with E-state index >= 15 is 0 Å². The van der Waals surface area contributed by atoms with E-state index in [1.165, 1.54) is 5.39 Å². The second-order valence-corrected chi connectivity index (χ2v) is 8.16. The Morgan fingerprint density at radius 3 is 1.78 bits per heavy atom. The van der Waals surface area contributed by atoms with Crippen molar-refractivity contribution in [2.24, 2.45) is 0 Å². The maximum atomic E-state index is 7.09. The van der Waals surface area contributed by atoms with E-state index in [9.17, 15) is 0 Å². The molecule has 0 bridgehead atoms. The number of hydrogen-bond acceptors (Lipinski definition) is 3. The van der Waals surface area contributed by atoms with E-state index in [2.05, 4.69) is 120 Å². The van der Waals surface area contributed by atoms with Crippen molar-refractivity contribution >= 4 is 39.6 Å². The molecular weight excluding hydrogens is 391 g/mol. The molecule has 3 nitrogen and oxygen atoms in total. The van der Waals surface area contributed by atoms with Gasteiger partial charge in [0.25, 0.3) is 0 Å². The fraction of sp³-hybridized carbons (Fsp3) is 0. The number of nitrogens with one attached hydrogen (secondary N) is 1. The van der Waals surface area contributed by atoms with Gasteiger partial charge in [0, 0.05) is 11.1 Å². The van der Waals surface area contributed by atoms with Gasteiger partial charge in [0.2, 0.25) is 0 Å². The zero-order valence-electron chi connectivity index (χ0n) is 17.6. The van der Waals surface area contributed by atoms with Crippen LogP contribution in [0.4, 0.5) is 11.4 Å². The maximum Gasteiger partial charge on any atom is 0.338 e. The van der Waals surface area contributed by atoms with E-state index in [-0.39, 0.29) is 0 Å². The molecule has 0 unspecified atom stereocenters. The van der Waals surface area contributed by atoms with Crippen molar-refractivity contribution < 1.29 is 4.65 Å². The molecule has 0 aliphatic carbocycles. The Balaban J connectivity index is 1.67. The highest BCUT2D eigenvalue weighted by atomic mass is 16.5. The number of fused-ring (bicyclic) bond motifs is 3. The van der Waals surface area contributed by atoms with Crippen LogP contribution in [0.1, 0.15) is 0 Å². The highest BCUT2D eigenvalue weighted by Gasteiger charge is 2.42. The van der Waals surface area contributed by atoms with Crippen molar-refractivity contribution in [3.05, 3.63) is 127 Å². The summed E-state index contributed by atoms with van der Waals surface area (Å²) in [5.41, 5.74) is 8.01. The van der Waals surface area contributed by atoms with Gasteiger partial charge in [-0.15, -0.1) is 10.9 Å². The first-order valence-corrected chi connectivity index (χ1v) is 10.9. The lowest BCUT2D eigenvalue weighted by molar-refractivity contribution is 0.551. The molecule has 1 aliphatic rings. The van der Waals surface area contributed by atoms with Crippen LogP contribution in [0.3, 0.4) is 0 Å². The molecule has 0 aromatic heterocycles. The van der Waals surface area contributed by atoms with Crippen molar-refractivity contribution in [2.45, 2.75) is 0 Å². The number of rotatable bonds is 3. The van der Waals surface area contributed by atoms with Crippen molar-refractivity contribution in [3.63, 3.8) is 0 Å². The monoisotopic (exact) mass is 413 g/mol. The van der Waals surface area contributed by atoms with Crippen molar-refractivity contribution in [1.82, 2.24) is 0 Å². The van der Waals surface area contributed by atoms with Crippen LogP contribution in [0.15, 0.2) is 127 Å². The van der Waals surface area contributed by atoms with E-state index in [1.54, 1.807) is 0 Å². The van der Waals surface area contributed by atoms with Crippen LogP contribution < -0.4 is 25.9 Å². The van der Waals surface area contributed by atoms with E-state index in [1.807, 2.05) is 18.2 Å². The summed E-state index contributed by atoms with van der Waals surface area (Å²) in [4.78, 5) is 2.21. The standard InChI is InChI=1S/C28H22BN2O/c1-4-13-23(14-5-1)29(24-15-6-2-7-16-24)31(25-17-8-3-9-18-25)30-28-26-19-11-10-12-22(26)20-21-27(28)32-29/h1-21,30H/q-1. The van der Waals surface area contributed by atoms with Gasteiger partial charge in [-0.2, -0.15) is 0 Å². The molecule has 6 rings (SSSR count). The molecule has 0 fully saturated rings. The lowest BCUT2D eigenvalue weighted by atomic mass is 9.40. The minimum absolute atomic E-state index is 0.851. The highest BCUT2D eigenvalue weighted by molar-refractivity contribution is 7.01. The molecule has 32 heavy (non-hydrogen) atoms. The first kappa shape index (κ1) is 18.6. The summed E-state index contributed by atoms with van der Waals surface area (Å²) >= 11 is 0. The topological polar surface area (TPSA) is 24.5 Å². The van der Waals surface area contributed by atoms with E-state index < -0.39 is 6.48 Å². The number of nitrogens with zero attached hydrogens (tertiary/aromatic N) is 1. The van der Waals surface area contributed by atoms with Gasteiger partial charge < -0.3 is 15.0 Å². The molecule has 0 amide bonds. The highest BCUT2D eigenvalue weighted by Crippen LogP contribution is 2.40. The van der Waals surface area contributed by atoms with E-state index in [4.69, 9.17) is 4.65 Å². The van der Waals surface area contributed by atoms with Crippen LogP contribution in [0.25, 0.3) is 10.8 Å². The molecule has 0 atom stereocenters. The molecule has 154 valence electrons. The molecule has 0 saturated heterocycles. The maximum absolute atomic E-state index is 7.09. The van der Waals surface area contributed by atoms with Crippen LogP contribution >= 0.6 is 0 Å². The Bertz CT molecular complexity index is 1330. The first-order chi connectivity index (χ1) is 15.9. The minimum atomic E-state index is -1.80. The molecule has 0 saturated carbocycles. The average Bonchev–Trinajstić information content (AvgIpc) is 2.89. The van der Waals surface area contributed by atoms with E-state index in [0.29, 0.717) is 0 Å². The van der Waals surface area contributed by atoms with Crippen LogP contribution in [0.2, 0.25) is 0 Å². The molecule has 1 heterocycles. The van der Waals surface area contributed by atoms with Crippen molar-refractivity contribution in [2.75, 3.05) is 10.3 Å². The molecule has 4 heteroatoms. The predicted molar refractivity (Wildman–Crippen MR) is 135 cm³/mol. The fourth-order valence-corrected chi connectivity index (χ4v) is 4.83. The lowest BCUT2D eigenvalue weighted by Gasteiger charge is -2.57. The van der Waals surface area contributed by atoms with Gasteiger partial charge >= 0.3 is 6.48 Å². The van der Waals surface area contributed by atoms with Crippen molar-refractivity contribution in [3.8, 4) is 5.75 Å². The molecule has 0 spiro atoms. The zero-order valence-corrected chi connectivity index (χ0v) is 17.6. The predicted octanol–water partition coefficient (Wildman–Crippen LogP) is 5.32. The third-order valence-corrected chi connectivity index (χ3v) is 6.32. The Kier molecular flexibility index (Phi) is 4.36. The number of benzene rings is 5. The quantitative estimate of drug-likeness (QED) is 0.405. The number of hydrazine groups is 1. The van der Waals surface area contributed by atoms with Gasteiger partial charge in [0.15, 0.2) is 0 Å². The molecular formula is C28H22BN2O-. The summed E-state index contributed by atoms with van der Waals surface area (Å²) in [6.07, 6.45) is 0. The molecule has 1 aliphatic heterocycles. The summed E-state index contributed by atoms with van der Waals surface area (Å²) in [5, 5.41) is 2.31. The third-order valence-electron chi connectivity index (χ3n) is 6.32. The number of para-hydroxylation sites is 1. The summed E-state index contributed by atoms with van der Waals surface area (Å²) in [6.45, 7) is -1.80. The van der Waals surface area contributed by atoms with Crippen molar-refractivity contribution in [1.29, 1.82) is 0 Å². The van der Waals surface area contributed by atoms with Crippen LogP contribution in [-0.2, 0) is 0 Å². The lowest BCUT2D eigenvalue weighted by Crippen LogP contribution is -2.77. The summed E-state index contributed by atoms with van der Waals surface area (Å²) in [7, 11) is 0. The number of anilines is 2. The largest absolute Gasteiger partial charge is 0.688 e. The van der Waals surface area contributed by atoms with Crippen LogP contribution in [0, 0.1) is 0 Å². The Morgan fingerprint density at radius 2 is 1.12 bits per heavy atom. The smallest absolute Gasteiger partial charge is 0.338 e. The summed E-state index contributed by atoms with van der Waals surface area (Å²) in [5.74, 6) is 0.851. The van der Waals surface area contributed by atoms with Gasteiger partial charge in [0.1, 0.15) is 0 Å². The van der Waals surface area contributed by atoms with Gasteiger partial charge in [-0.1, -0.05) is 109 Å². The van der Waals surface area contributed by atoms with E-state index in [0.717, 1.165) is 33.4 Å². The Morgan fingerprint density at radius 1 is 0.562 bits per heavy atom. The van der Waals surface area contributed by atoms with Gasteiger partial charge in [-0.25, -0.2) is 0 Å². The van der Waals surface area contributed by atoms with Crippen LogP contribution in [0.5, 0.6) is 5.75 Å². The number of hydrogen-bond donors (Lipinski definition) is 1. The second-order valence-electron chi connectivity index (χ2n) is 8.16. The average molecular weight is 413 g/mol. The zero-order chi connectivity index (χ0) is 21.4. The van der Waals surface area contributed by atoms with Crippen LogP contribution in [-0.4, -0.2) is 6.48 Å². The fourth-order valence-electron chi connectivity index (χ4n) is 4.83. The summed E-state index contributed by atoms with van der Waals surface area (Å²) in [6, 6.07) is 44.0. The third kappa shape index (κ3) is 2.84. The minimum Gasteiger partial charge on any atom is -0.688 e. The van der Waals surface area contributed by atoms with Gasteiger partial charge in [-0.3, -0.25) is 0 Å².